The number of hydrogen-bond acceptors (Lipinski definition) is 3. The monoisotopic (exact) mass is 397 g/mol. The molecule has 1 saturated heterocycles. The number of anilines is 1. The van der Waals surface area contributed by atoms with Gasteiger partial charge in [0, 0.05) is 62.5 Å². The molecule has 0 aromatic heterocycles. The molecule has 2 aliphatic heterocycles. The molecule has 146 valence electrons. The van der Waals surface area contributed by atoms with E-state index in [0.717, 1.165) is 61.0 Å². The molecule has 4 rings (SSSR count). The zero-order chi connectivity index (χ0) is 19.7. The number of fused-ring (bicyclic) bond motifs is 1. The highest BCUT2D eigenvalue weighted by atomic mass is 35.5. The Hall–Kier alpha value is -2.37. The first-order valence-corrected chi connectivity index (χ1v) is 10.1. The van der Waals surface area contributed by atoms with Crippen molar-refractivity contribution < 1.29 is 9.59 Å². The molecule has 0 radical (unpaired) electrons. The predicted molar refractivity (Wildman–Crippen MR) is 111 cm³/mol. The molecule has 0 N–H and O–H groups in total. The maximum atomic E-state index is 12.9. The van der Waals surface area contributed by atoms with E-state index in [2.05, 4.69) is 17.0 Å². The molecule has 2 aromatic carbocycles. The lowest BCUT2D eigenvalue weighted by atomic mass is 10.1. The van der Waals surface area contributed by atoms with Crippen LogP contribution in [0.3, 0.4) is 0 Å². The smallest absolute Gasteiger partial charge is 0.253 e. The molecule has 1 fully saturated rings. The van der Waals surface area contributed by atoms with Gasteiger partial charge in [-0.3, -0.25) is 14.5 Å². The maximum absolute atomic E-state index is 12.9. The van der Waals surface area contributed by atoms with E-state index in [4.69, 9.17) is 11.6 Å². The second-order valence-electron chi connectivity index (χ2n) is 7.46. The van der Waals surface area contributed by atoms with Crippen LogP contribution in [0.15, 0.2) is 42.5 Å². The van der Waals surface area contributed by atoms with Gasteiger partial charge in [-0.1, -0.05) is 23.7 Å². The SMILES string of the molecule is CC(=O)N1CCc2cc(C(=O)N3CCN(Cc4ccc(Cl)cc4)CC3)ccc21. The van der Waals surface area contributed by atoms with Crippen LogP contribution in [0.25, 0.3) is 0 Å². The van der Waals surface area contributed by atoms with Crippen LogP contribution in [0.5, 0.6) is 0 Å². The van der Waals surface area contributed by atoms with E-state index in [1.54, 1.807) is 11.8 Å². The van der Waals surface area contributed by atoms with Crippen LogP contribution >= 0.6 is 11.6 Å². The molecule has 28 heavy (non-hydrogen) atoms. The van der Waals surface area contributed by atoms with Crippen molar-refractivity contribution in [3.63, 3.8) is 0 Å². The van der Waals surface area contributed by atoms with Gasteiger partial charge in [-0.15, -0.1) is 0 Å². The van der Waals surface area contributed by atoms with Crippen LogP contribution < -0.4 is 4.90 Å². The third-order valence-electron chi connectivity index (χ3n) is 5.58. The van der Waals surface area contributed by atoms with Gasteiger partial charge in [-0.05, 0) is 47.9 Å². The molecule has 2 aromatic rings. The van der Waals surface area contributed by atoms with Gasteiger partial charge in [0.1, 0.15) is 0 Å². The normalized spacial score (nSPS) is 16.9. The molecule has 0 unspecified atom stereocenters. The summed E-state index contributed by atoms with van der Waals surface area (Å²) in [6.45, 7) is 6.32. The van der Waals surface area contributed by atoms with E-state index in [0.29, 0.717) is 6.54 Å². The quantitative estimate of drug-likeness (QED) is 0.798. The summed E-state index contributed by atoms with van der Waals surface area (Å²) in [6.07, 6.45) is 0.810. The molecule has 0 atom stereocenters. The number of benzene rings is 2. The largest absolute Gasteiger partial charge is 0.336 e. The van der Waals surface area contributed by atoms with Crippen LogP contribution in [0.1, 0.15) is 28.4 Å². The van der Waals surface area contributed by atoms with Gasteiger partial charge in [0.05, 0.1) is 0 Å². The molecular weight excluding hydrogens is 374 g/mol. The van der Waals surface area contributed by atoms with Gasteiger partial charge in [0.2, 0.25) is 5.91 Å². The van der Waals surface area contributed by atoms with E-state index in [1.807, 2.05) is 35.2 Å². The van der Waals surface area contributed by atoms with Crippen molar-refractivity contribution in [3.8, 4) is 0 Å². The van der Waals surface area contributed by atoms with Crippen LogP contribution in [0.2, 0.25) is 5.02 Å². The molecule has 0 saturated carbocycles. The summed E-state index contributed by atoms with van der Waals surface area (Å²) in [5.41, 5.74) is 3.98. The van der Waals surface area contributed by atoms with Gasteiger partial charge >= 0.3 is 0 Å². The van der Waals surface area contributed by atoms with Crippen molar-refractivity contribution in [2.24, 2.45) is 0 Å². The van der Waals surface area contributed by atoms with Gasteiger partial charge in [-0.25, -0.2) is 0 Å². The molecule has 6 heteroatoms. The fraction of sp³-hybridized carbons (Fsp3) is 0.364. The first-order valence-electron chi connectivity index (χ1n) is 9.68. The van der Waals surface area contributed by atoms with Crippen LogP contribution in [0.4, 0.5) is 5.69 Å². The standard InChI is InChI=1S/C22H24ClN3O2/c1-16(27)26-9-8-18-14-19(4-7-21(18)26)22(28)25-12-10-24(11-13-25)15-17-2-5-20(23)6-3-17/h2-7,14H,8-13,15H2,1H3. The topological polar surface area (TPSA) is 43.9 Å². The molecule has 2 heterocycles. The number of halogens is 1. The number of carbonyl (C=O) groups is 2. The summed E-state index contributed by atoms with van der Waals surface area (Å²) in [5, 5.41) is 0.750. The van der Waals surface area contributed by atoms with Crippen LogP contribution in [-0.4, -0.2) is 54.3 Å². The maximum Gasteiger partial charge on any atom is 0.253 e. The summed E-state index contributed by atoms with van der Waals surface area (Å²) >= 11 is 5.95. The van der Waals surface area contributed by atoms with Crippen molar-refractivity contribution in [1.82, 2.24) is 9.80 Å². The van der Waals surface area contributed by atoms with Gasteiger partial charge in [-0.2, -0.15) is 0 Å². The number of piperazine rings is 1. The summed E-state index contributed by atoms with van der Waals surface area (Å²) < 4.78 is 0. The Labute approximate surface area is 170 Å². The average molecular weight is 398 g/mol. The molecule has 2 amide bonds. The minimum Gasteiger partial charge on any atom is -0.336 e. The van der Waals surface area contributed by atoms with E-state index >= 15 is 0 Å². The zero-order valence-corrected chi connectivity index (χ0v) is 16.8. The number of rotatable bonds is 3. The van der Waals surface area contributed by atoms with Crippen molar-refractivity contribution in [2.45, 2.75) is 19.9 Å². The number of nitrogens with zero attached hydrogens (tertiary/aromatic N) is 3. The van der Waals surface area contributed by atoms with Gasteiger partial charge < -0.3 is 9.80 Å². The molecule has 0 bridgehead atoms. The van der Waals surface area contributed by atoms with Crippen molar-refractivity contribution in [2.75, 3.05) is 37.6 Å². The van der Waals surface area contributed by atoms with E-state index in [9.17, 15) is 9.59 Å². The van der Waals surface area contributed by atoms with E-state index in [-0.39, 0.29) is 11.8 Å². The number of amides is 2. The molecule has 5 nitrogen and oxygen atoms in total. The Balaban J connectivity index is 1.36. The van der Waals surface area contributed by atoms with Crippen molar-refractivity contribution in [1.29, 1.82) is 0 Å². The third kappa shape index (κ3) is 3.91. The first kappa shape index (κ1) is 19.0. The first-order chi connectivity index (χ1) is 13.5. The van der Waals surface area contributed by atoms with Gasteiger partial charge in [0.25, 0.3) is 5.91 Å². The van der Waals surface area contributed by atoms with Crippen molar-refractivity contribution >= 4 is 29.1 Å². The zero-order valence-electron chi connectivity index (χ0n) is 16.0. The van der Waals surface area contributed by atoms with Gasteiger partial charge in [0.15, 0.2) is 0 Å². The third-order valence-corrected chi connectivity index (χ3v) is 5.83. The summed E-state index contributed by atoms with van der Waals surface area (Å²) in [5.74, 6) is 0.129. The molecular formula is C22H24ClN3O2. The average Bonchev–Trinajstić information content (AvgIpc) is 3.13. The summed E-state index contributed by atoms with van der Waals surface area (Å²) in [7, 11) is 0. The number of carbonyl (C=O) groups excluding carboxylic acids is 2. The summed E-state index contributed by atoms with van der Waals surface area (Å²) in [4.78, 5) is 30.7. The lowest BCUT2D eigenvalue weighted by Crippen LogP contribution is -2.48. The fourth-order valence-electron chi connectivity index (χ4n) is 4.00. The molecule has 0 spiro atoms. The Morgan fingerprint density at radius 1 is 0.964 bits per heavy atom. The summed E-state index contributed by atoms with van der Waals surface area (Å²) in [6, 6.07) is 13.6. The number of hydrogen-bond donors (Lipinski definition) is 0. The Bertz CT molecular complexity index is 889. The second kappa shape index (κ2) is 7.94. The molecule has 0 aliphatic carbocycles. The lowest BCUT2D eigenvalue weighted by Gasteiger charge is -2.35. The molecule has 2 aliphatic rings. The lowest BCUT2D eigenvalue weighted by molar-refractivity contribution is -0.116. The highest BCUT2D eigenvalue weighted by molar-refractivity contribution is 6.30. The van der Waals surface area contributed by atoms with Crippen LogP contribution in [-0.2, 0) is 17.8 Å². The minimum atomic E-state index is 0.0506. The van der Waals surface area contributed by atoms with E-state index < -0.39 is 0 Å². The van der Waals surface area contributed by atoms with E-state index in [1.165, 1.54) is 5.56 Å². The highest BCUT2D eigenvalue weighted by Gasteiger charge is 2.26. The Morgan fingerprint density at radius 3 is 2.36 bits per heavy atom. The highest BCUT2D eigenvalue weighted by Crippen LogP contribution is 2.29. The second-order valence-corrected chi connectivity index (χ2v) is 7.90. The minimum absolute atomic E-state index is 0.0506. The Kier molecular flexibility index (Phi) is 5.38. The van der Waals surface area contributed by atoms with Crippen LogP contribution in [0, 0.1) is 0 Å². The Morgan fingerprint density at radius 2 is 1.68 bits per heavy atom. The fourth-order valence-corrected chi connectivity index (χ4v) is 4.13. The van der Waals surface area contributed by atoms with Crippen molar-refractivity contribution in [3.05, 3.63) is 64.2 Å². The predicted octanol–water partition coefficient (Wildman–Crippen LogP) is 3.21.